The molecular formula is C16H26N4O2S. The fraction of sp³-hybridized carbons (Fsp3) is 0.688. The maximum absolute atomic E-state index is 12.7. The Morgan fingerprint density at radius 2 is 2.13 bits per heavy atom. The molecule has 1 fully saturated rings. The van der Waals surface area contributed by atoms with Gasteiger partial charge in [0, 0.05) is 17.3 Å². The molecule has 1 aliphatic heterocycles. The van der Waals surface area contributed by atoms with E-state index in [0.717, 1.165) is 30.0 Å². The minimum Gasteiger partial charge on any atom is -0.352 e. The lowest BCUT2D eigenvalue weighted by Crippen LogP contribution is -2.50. The van der Waals surface area contributed by atoms with Gasteiger partial charge in [0.1, 0.15) is 11.0 Å². The predicted molar refractivity (Wildman–Crippen MR) is 91.3 cm³/mol. The van der Waals surface area contributed by atoms with Crippen molar-refractivity contribution in [1.29, 1.82) is 0 Å². The molecule has 3 amide bonds. The molecular weight excluding hydrogens is 312 g/mol. The van der Waals surface area contributed by atoms with Gasteiger partial charge in [-0.05, 0) is 26.2 Å². The van der Waals surface area contributed by atoms with Crippen LogP contribution in [-0.2, 0) is 10.2 Å². The highest BCUT2D eigenvalue weighted by Gasteiger charge is 2.33. The molecule has 2 heterocycles. The van der Waals surface area contributed by atoms with E-state index in [1.165, 1.54) is 0 Å². The Balaban J connectivity index is 2.20. The third-order valence-corrected chi connectivity index (χ3v) is 5.04. The molecule has 7 heteroatoms. The summed E-state index contributed by atoms with van der Waals surface area (Å²) in [7, 11) is 0. The van der Waals surface area contributed by atoms with Gasteiger partial charge in [-0.15, -0.1) is 11.3 Å². The molecule has 0 saturated carbocycles. The Bertz CT molecular complexity index is 579. The summed E-state index contributed by atoms with van der Waals surface area (Å²) in [6.07, 6.45) is 2.96. The van der Waals surface area contributed by atoms with Crippen LogP contribution in [0.4, 0.5) is 4.79 Å². The summed E-state index contributed by atoms with van der Waals surface area (Å²) in [6, 6.07) is -1.30. The molecule has 0 radical (unpaired) electrons. The summed E-state index contributed by atoms with van der Waals surface area (Å²) >= 11 is 1.61. The number of likely N-dealkylation sites (tertiary alicyclic amines) is 1. The topological polar surface area (TPSA) is 88.3 Å². The Labute approximate surface area is 141 Å². The maximum atomic E-state index is 12.7. The summed E-state index contributed by atoms with van der Waals surface area (Å²) in [4.78, 5) is 30.3. The number of piperidine rings is 1. The van der Waals surface area contributed by atoms with Crippen LogP contribution in [0.5, 0.6) is 0 Å². The molecule has 1 aromatic heterocycles. The Morgan fingerprint density at radius 3 is 2.70 bits per heavy atom. The predicted octanol–water partition coefficient (Wildman–Crippen LogP) is 2.55. The zero-order valence-corrected chi connectivity index (χ0v) is 15.1. The Hall–Kier alpha value is -1.63. The molecule has 1 aliphatic rings. The van der Waals surface area contributed by atoms with Crippen LogP contribution in [0.3, 0.4) is 0 Å². The number of nitrogens with zero attached hydrogens (tertiary/aromatic N) is 2. The van der Waals surface area contributed by atoms with Gasteiger partial charge in [-0.25, -0.2) is 9.78 Å². The number of nitrogens with one attached hydrogen (secondary N) is 1. The molecule has 0 spiro atoms. The van der Waals surface area contributed by atoms with E-state index in [-0.39, 0.29) is 17.4 Å². The molecule has 6 nitrogen and oxygen atoms in total. The van der Waals surface area contributed by atoms with Crippen LogP contribution in [0.1, 0.15) is 63.7 Å². The third-order valence-electron chi connectivity index (χ3n) is 4.09. The van der Waals surface area contributed by atoms with E-state index >= 15 is 0 Å². The smallest absolute Gasteiger partial charge is 0.312 e. The summed E-state index contributed by atoms with van der Waals surface area (Å²) < 4.78 is 0. The average Bonchev–Trinajstić information content (AvgIpc) is 2.95. The fourth-order valence-electron chi connectivity index (χ4n) is 2.76. The number of carbonyl (C=O) groups excluding carboxylic acids is 2. The summed E-state index contributed by atoms with van der Waals surface area (Å²) in [5.41, 5.74) is 6.18. The Morgan fingerprint density at radius 1 is 1.43 bits per heavy atom. The second kappa shape index (κ2) is 6.86. The van der Waals surface area contributed by atoms with Crippen molar-refractivity contribution >= 4 is 23.3 Å². The number of primary amides is 1. The van der Waals surface area contributed by atoms with Gasteiger partial charge in [-0.1, -0.05) is 20.8 Å². The first kappa shape index (κ1) is 17.7. The summed E-state index contributed by atoms with van der Waals surface area (Å²) in [5, 5.41) is 5.53. The van der Waals surface area contributed by atoms with Gasteiger partial charge in [0.15, 0.2) is 0 Å². The van der Waals surface area contributed by atoms with E-state index in [1.807, 2.05) is 4.90 Å². The van der Waals surface area contributed by atoms with Crippen LogP contribution in [0, 0.1) is 0 Å². The summed E-state index contributed by atoms with van der Waals surface area (Å²) in [6.45, 7) is 8.76. The van der Waals surface area contributed by atoms with Gasteiger partial charge in [-0.3, -0.25) is 4.79 Å². The number of rotatable bonds is 3. The van der Waals surface area contributed by atoms with Crippen LogP contribution < -0.4 is 11.1 Å². The van der Waals surface area contributed by atoms with Crippen molar-refractivity contribution in [1.82, 2.24) is 15.2 Å². The van der Waals surface area contributed by atoms with Crippen molar-refractivity contribution in [2.75, 3.05) is 6.54 Å². The first-order chi connectivity index (χ1) is 10.7. The number of hydrogen-bond donors (Lipinski definition) is 2. The minimum absolute atomic E-state index is 0.000921. The van der Waals surface area contributed by atoms with Crippen LogP contribution >= 0.6 is 11.3 Å². The normalized spacial score (nSPS) is 20.2. The third kappa shape index (κ3) is 4.22. The average molecular weight is 338 g/mol. The standard InChI is InChI=1S/C16H26N4O2S/c1-10(18-15(17)22)14(21)20-8-6-5-7-11(20)13-19-12(9-23-13)16(2,3)4/h9-11H,5-8H2,1-4H3,(H3,17,18,22). The molecule has 1 aromatic rings. The Kier molecular flexibility index (Phi) is 5.29. The van der Waals surface area contributed by atoms with Gasteiger partial charge in [0.25, 0.3) is 0 Å². The number of amides is 3. The van der Waals surface area contributed by atoms with Crippen molar-refractivity contribution in [3.63, 3.8) is 0 Å². The van der Waals surface area contributed by atoms with Crippen molar-refractivity contribution in [3.05, 3.63) is 16.1 Å². The molecule has 0 aromatic carbocycles. The van der Waals surface area contributed by atoms with Crippen molar-refractivity contribution in [3.8, 4) is 0 Å². The SMILES string of the molecule is CC(NC(N)=O)C(=O)N1CCCCC1c1nc(C(C)(C)C)cs1. The van der Waals surface area contributed by atoms with Crippen LogP contribution in [-0.4, -0.2) is 34.4 Å². The molecule has 128 valence electrons. The largest absolute Gasteiger partial charge is 0.352 e. The number of aromatic nitrogens is 1. The second-order valence-corrected chi connectivity index (χ2v) is 7.98. The molecule has 23 heavy (non-hydrogen) atoms. The van der Waals surface area contributed by atoms with Crippen LogP contribution in [0.2, 0.25) is 0 Å². The van der Waals surface area contributed by atoms with E-state index in [9.17, 15) is 9.59 Å². The number of nitrogens with two attached hydrogens (primary N) is 1. The van der Waals surface area contributed by atoms with Crippen molar-refractivity contribution < 1.29 is 9.59 Å². The fourth-order valence-corrected chi connectivity index (χ4v) is 3.95. The lowest BCUT2D eigenvalue weighted by atomic mass is 9.93. The van der Waals surface area contributed by atoms with Gasteiger partial charge in [-0.2, -0.15) is 0 Å². The van der Waals surface area contributed by atoms with E-state index in [0.29, 0.717) is 6.54 Å². The number of carbonyl (C=O) groups is 2. The highest BCUT2D eigenvalue weighted by atomic mass is 32.1. The van der Waals surface area contributed by atoms with Crippen molar-refractivity contribution in [2.24, 2.45) is 5.73 Å². The molecule has 0 bridgehead atoms. The van der Waals surface area contributed by atoms with E-state index in [1.54, 1.807) is 18.3 Å². The lowest BCUT2D eigenvalue weighted by Gasteiger charge is -2.36. The minimum atomic E-state index is -0.677. The van der Waals surface area contributed by atoms with Gasteiger partial charge in [0.2, 0.25) is 5.91 Å². The van der Waals surface area contributed by atoms with E-state index in [2.05, 4.69) is 31.5 Å². The monoisotopic (exact) mass is 338 g/mol. The number of urea groups is 1. The molecule has 2 atom stereocenters. The zero-order chi connectivity index (χ0) is 17.2. The summed E-state index contributed by atoms with van der Waals surface area (Å²) in [5.74, 6) is -0.0963. The molecule has 1 saturated heterocycles. The highest BCUT2D eigenvalue weighted by Crippen LogP contribution is 2.35. The van der Waals surface area contributed by atoms with Gasteiger partial charge < -0.3 is 16.0 Å². The highest BCUT2D eigenvalue weighted by molar-refractivity contribution is 7.09. The van der Waals surface area contributed by atoms with Crippen LogP contribution in [0.25, 0.3) is 0 Å². The molecule has 2 unspecified atom stereocenters. The molecule has 0 aliphatic carbocycles. The number of hydrogen-bond acceptors (Lipinski definition) is 4. The molecule has 2 rings (SSSR count). The van der Waals surface area contributed by atoms with Crippen LogP contribution in [0.15, 0.2) is 5.38 Å². The maximum Gasteiger partial charge on any atom is 0.312 e. The van der Waals surface area contributed by atoms with E-state index in [4.69, 9.17) is 10.7 Å². The number of thiazole rings is 1. The molecule has 3 N–H and O–H groups in total. The second-order valence-electron chi connectivity index (χ2n) is 7.09. The first-order valence-electron chi connectivity index (χ1n) is 8.02. The van der Waals surface area contributed by atoms with E-state index < -0.39 is 12.1 Å². The first-order valence-corrected chi connectivity index (χ1v) is 8.90. The van der Waals surface area contributed by atoms with Crippen molar-refractivity contribution in [2.45, 2.75) is 64.5 Å². The lowest BCUT2D eigenvalue weighted by molar-refractivity contribution is -0.136. The van der Waals surface area contributed by atoms with Gasteiger partial charge in [0.05, 0.1) is 11.7 Å². The quantitative estimate of drug-likeness (QED) is 0.887. The zero-order valence-electron chi connectivity index (χ0n) is 14.3. The van der Waals surface area contributed by atoms with Gasteiger partial charge >= 0.3 is 6.03 Å².